The van der Waals surface area contributed by atoms with Crippen LogP contribution in [0.1, 0.15) is 27.7 Å². The summed E-state index contributed by atoms with van der Waals surface area (Å²) < 4.78 is 38.4. The summed E-state index contributed by atoms with van der Waals surface area (Å²) in [6.45, 7) is 9.55. The molecule has 0 atom stereocenters. The Kier molecular flexibility index (Phi) is 7.04. The molecule has 1 rings (SSSR count). The molecule has 0 radical (unpaired) electrons. The molecule has 1 aliphatic heterocycles. The summed E-state index contributed by atoms with van der Waals surface area (Å²) in [4.78, 5) is 13.4. The molecule has 1 aliphatic rings. The van der Waals surface area contributed by atoms with Gasteiger partial charge in [0.1, 0.15) is 5.60 Å². The molecule has 0 aromatic heterocycles. The van der Waals surface area contributed by atoms with Gasteiger partial charge in [0.15, 0.2) is 0 Å². The first-order chi connectivity index (χ1) is 10.2. The molecule has 1 N–H and O–H groups in total. The van der Waals surface area contributed by atoms with Crippen LogP contribution in [0.3, 0.4) is 0 Å². The molecule has 0 aromatic carbocycles. The van der Waals surface area contributed by atoms with Crippen molar-refractivity contribution in [3.05, 3.63) is 0 Å². The van der Waals surface area contributed by atoms with Crippen molar-refractivity contribution in [2.45, 2.75) is 33.3 Å². The minimum atomic E-state index is -3.52. The Labute approximate surface area is 132 Å². The highest BCUT2D eigenvalue weighted by atomic mass is 32.2. The fraction of sp³-hybridized carbons (Fsp3) is 0.923. The van der Waals surface area contributed by atoms with E-state index in [1.54, 1.807) is 20.8 Å². The van der Waals surface area contributed by atoms with Gasteiger partial charge in [-0.2, -0.15) is 12.7 Å². The summed E-state index contributed by atoms with van der Waals surface area (Å²) in [5.74, 6) is 0. The molecule has 0 bridgehead atoms. The molecular formula is C13H27N3O5S. The van der Waals surface area contributed by atoms with Crippen LogP contribution < -0.4 is 4.72 Å². The number of hydrogen-bond donors (Lipinski definition) is 1. The number of carbonyl (C=O) groups excluding carboxylic acids is 1. The summed E-state index contributed by atoms with van der Waals surface area (Å²) >= 11 is 0. The molecule has 1 saturated heterocycles. The third-order valence-electron chi connectivity index (χ3n) is 3.01. The van der Waals surface area contributed by atoms with Gasteiger partial charge >= 0.3 is 6.09 Å². The van der Waals surface area contributed by atoms with Crippen LogP contribution in [0.15, 0.2) is 0 Å². The number of nitrogens with one attached hydrogen (secondary N) is 1. The monoisotopic (exact) mass is 337 g/mol. The number of likely N-dealkylation sites (N-methyl/N-ethyl adjacent to an activating group) is 1. The van der Waals surface area contributed by atoms with Gasteiger partial charge in [0.2, 0.25) is 0 Å². The largest absolute Gasteiger partial charge is 0.444 e. The fourth-order valence-electron chi connectivity index (χ4n) is 1.89. The van der Waals surface area contributed by atoms with Crippen molar-refractivity contribution in [2.75, 3.05) is 45.9 Å². The first kappa shape index (κ1) is 19.1. The molecule has 0 spiro atoms. The Morgan fingerprint density at radius 3 is 2.41 bits per heavy atom. The third-order valence-corrected chi connectivity index (χ3v) is 4.62. The van der Waals surface area contributed by atoms with E-state index in [4.69, 9.17) is 9.47 Å². The molecule has 8 nitrogen and oxygen atoms in total. The molecule has 1 fully saturated rings. The predicted octanol–water partition coefficient (Wildman–Crippen LogP) is 0.410. The van der Waals surface area contributed by atoms with Crippen LogP contribution in [-0.4, -0.2) is 75.3 Å². The van der Waals surface area contributed by atoms with E-state index < -0.39 is 21.9 Å². The zero-order valence-electron chi connectivity index (χ0n) is 13.8. The van der Waals surface area contributed by atoms with Gasteiger partial charge in [-0.05, 0) is 27.7 Å². The number of rotatable bonds is 6. The quantitative estimate of drug-likeness (QED) is 0.758. The van der Waals surface area contributed by atoms with Crippen LogP contribution in [0.5, 0.6) is 0 Å². The Bertz CT molecular complexity index is 455. The Hall–Kier alpha value is -0.900. The highest BCUT2D eigenvalue weighted by Gasteiger charge is 2.25. The molecule has 0 saturated carbocycles. The maximum absolute atomic E-state index is 12.1. The summed E-state index contributed by atoms with van der Waals surface area (Å²) in [6.07, 6.45) is -0.444. The van der Waals surface area contributed by atoms with Crippen molar-refractivity contribution in [3.8, 4) is 0 Å². The van der Waals surface area contributed by atoms with Crippen molar-refractivity contribution in [3.63, 3.8) is 0 Å². The predicted molar refractivity (Wildman–Crippen MR) is 82.8 cm³/mol. The number of nitrogens with zero attached hydrogens (tertiary/aromatic N) is 2. The van der Waals surface area contributed by atoms with Gasteiger partial charge in [-0.15, -0.1) is 0 Å². The minimum Gasteiger partial charge on any atom is -0.444 e. The van der Waals surface area contributed by atoms with E-state index in [0.717, 1.165) is 0 Å². The maximum Gasteiger partial charge on any atom is 0.410 e. The first-order valence-electron chi connectivity index (χ1n) is 7.46. The van der Waals surface area contributed by atoms with Gasteiger partial charge in [0.25, 0.3) is 10.2 Å². The highest BCUT2D eigenvalue weighted by Crippen LogP contribution is 2.09. The van der Waals surface area contributed by atoms with Crippen molar-refractivity contribution < 1.29 is 22.7 Å². The summed E-state index contributed by atoms with van der Waals surface area (Å²) in [5, 5.41) is 0. The molecule has 22 heavy (non-hydrogen) atoms. The zero-order chi connectivity index (χ0) is 16.8. The fourth-order valence-corrected chi connectivity index (χ4v) is 3.05. The average molecular weight is 337 g/mol. The Morgan fingerprint density at radius 1 is 1.32 bits per heavy atom. The lowest BCUT2D eigenvalue weighted by Gasteiger charge is -2.28. The molecule has 1 amide bonds. The van der Waals surface area contributed by atoms with Gasteiger partial charge in [-0.25, -0.2) is 9.52 Å². The van der Waals surface area contributed by atoms with E-state index >= 15 is 0 Å². The van der Waals surface area contributed by atoms with Crippen molar-refractivity contribution in [2.24, 2.45) is 0 Å². The molecule has 9 heteroatoms. The molecule has 1 heterocycles. The summed E-state index contributed by atoms with van der Waals surface area (Å²) in [7, 11) is -3.52. The minimum absolute atomic E-state index is 0.146. The van der Waals surface area contributed by atoms with E-state index in [1.807, 2.05) is 6.92 Å². The van der Waals surface area contributed by atoms with Crippen molar-refractivity contribution in [1.82, 2.24) is 13.9 Å². The van der Waals surface area contributed by atoms with E-state index in [9.17, 15) is 13.2 Å². The third kappa shape index (κ3) is 6.47. The van der Waals surface area contributed by atoms with Gasteiger partial charge in [0, 0.05) is 32.7 Å². The van der Waals surface area contributed by atoms with Crippen LogP contribution >= 0.6 is 0 Å². The van der Waals surface area contributed by atoms with Crippen molar-refractivity contribution >= 4 is 16.3 Å². The standard InChI is InChI=1S/C13H27N3O5S/c1-5-15(12(17)21-13(2,3)4)7-6-14-22(18,19)16-8-10-20-11-9-16/h14H,5-11H2,1-4H3. The molecule has 130 valence electrons. The van der Waals surface area contributed by atoms with E-state index in [1.165, 1.54) is 9.21 Å². The van der Waals surface area contributed by atoms with Gasteiger partial charge in [-0.3, -0.25) is 0 Å². The molecule has 0 aromatic rings. The van der Waals surface area contributed by atoms with Gasteiger partial charge in [0.05, 0.1) is 13.2 Å². The van der Waals surface area contributed by atoms with E-state index in [0.29, 0.717) is 32.8 Å². The van der Waals surface area contributed by atoms with E-state index in [2.05, 4.69) is 4.72 Å². The van der Waals surface area contributed by atoms with Crippen molar-refractivity contribution in [1.29, 1.82) is 0 Å². The second-order valence-electron chi connectivity index (χ2n) is 5.97. The lowest BCUT2D eigenvalue weighted by Crippen LogP contribution is -2.48. The average Bonchev–Trinajstić information content (AvgIpc) is 2.42. The van der Waals surface area contributed by atoms with Crippen LogP contribution in [0.4, 0.5) is 4.79 Å². The number of ether oxygens (including phenoxy) is 2. The lowest BCUT2D eigenvalue weighted by molar-refractivity contribution is 0.0263. The topological polar surface area (TPSA) is 88.2 Å². The number of hydrogen-bond acceptors (Lipinski definition) is 5. The van der Waals surface area contributed by atoms with Crippen LogP contribution in [-0.2, 0) is 19.7 Å². The summed E-state index contributed by atoms with van der Waals surface area (Å²) in [6, 6.07) is 0. The Morgan fingerprint density at radius 2 is 1.91 bits per heavy atom. The molecule has 0 aliphatic carbocycles. The second-order valence-corrected chi connectivity index (χ2v) is 7.73. The molecule has 0 unspecified atom stereocenters. The van der Waals surface area contributed by atoms with Gasteiger partial charge in [-0.1, -0.05) is 0 Å². The number of morpholine rings is 1. The number of carbonyl (C=O) groups is 1. The SMILES string of the molecule is CCN(CCNS(=O)(=O)N1CCOCC1)C(=O)OC(C)(C)C. The van der Waals surface area contributed by atoms with Crippen LogP contribution in [0.25, 0.3) is 0 Å². The van der Waals surface area contributed by atoms with Gasteiger partial charge < -0.3 is 14.4 Å². The highest BCUT2D eigenvalue weighted by molar-refractivity contribution is 7.87. The maximum atomic E-state index is 12.1. The van der Waals surface area contributed by atoms with Crippen LogP contribution in [0, 0.1) is 0 Å². The summed E-state index contributed by atoms with van der Waals surface area (Å²) in [5.41, 5.74) is -0.572. The first-order valence-corrected chi connectivity index (χ1v) is 8.90. The lowest BCUT2D eigenvalue weighted by atomic mass is 10.2. The smallest absolute Gasteiger partial charge is 0.410 e. The second kappa shape index (κ2) is 8.09. The number of amides is 1. The van der Waals surface area contributed by atoms with E-state index in [-0.39, 0.29) is 13.1 Å². The zero-order valence-corrected chi connectivity index (χ0v) is 14.6. The van der Waals surface area contributed by atoms with Crippen LogP contribution in [0.2, 0.25) is 0 Å². The normalized spacial score (nSPS) is 17.3. The molecular weight excluding hydrogens is 310 g/mol. The Balaban J connectivity index is 2.44.